The Morgan fingerprint density at radius 3 is 1.58 bits per heavy atom. The van der Waals surface area contributed by atoms with Gasteiger partial charge in [0.05, 0.1) is 5.66 Å². The van der Waals surface area contributed by atoms with Crippen LogP contribution in [0.1, 0.15) is 16.8 Å². The van der Waals surface area contributed by atoms with E-state index in [1.165, 1.54) is 0 Å². The molecule has 1 unspecified atom stereocenters. The second-order valence-electron chi connectivity index (χ2n) is 4.62. The number of hydrogen-bond acceptors (Lipinski definition) is 1. The van der Waals surface area contributed by atoms with Crippen molar-refractivity contribution in [2.45, 2.75) is 5.66 Å². The van der Waals surface area contributed by atoms with Crippen molar-refractivity contribution in [1.29, 1.82) is 0 Å². The van der Waals surface area contributed by atoms with Crippen LogP contribution in [0.3, 0.4) is 0 Å². The first-order valence-electron chi connectivity index (χ1n) is 6.10. The Balaban J connectivity index is 2.56. The number of nitrogens with zero attached hydrogens (tertiary/aromatic N) is 1. The maximum Gasteiger partial charge on any atom is 0.245 e. The molecular weight excluding hydrogens is 277 g/mol. The standard InChI is InChI=1S/C15H17ClNOP/c1-17(2)19(16,18)15(13-9-5-3-6-10-13)14-11-7-4-8-12-14/h3-12,15H,1-2H3. The molecule has 0 heterocycles. The number of rotatable bonds is 4. The van der Waals surface area contributed by atoms with Gasteiger partial charge >= 0.3 is 0 Å². The van der Waals surface area contributed by atoms with Crippen molar-refractivity contribution in [3.05, 3.63) is 71.8 Å². The Bertz CT molecular complexity index is 532. The van der Waals surface area contributed by atoms with Crippen LogP contribution in [0, 0.1) is 0 Å². The smallest absolute Gasteiger partial charge is 0.245 e. The van der Waals surface area contributed by atoms with Gasteiger partial charge in [0, 0.05) is 0 Å². The van der Waals surface area contributed by atoms with E-state index in [0.717, 1.165) is 11.1 Å². The highest BCUT2D eigenvalue weighted by molar-refractivity contribution is 7.87. The van der Waals surface area contributed by atoms with Crippen LogP contribution in [-0.4, -0.2) is 18.8 Å². The number of benzene rings is 2. The molecule has 1 atom stereocenters. The average Bonchev–Trinajstić information content (AvgIpc) is 2.41. The Morgan fingerprint density at radius 2 is 1.26 bits per heavy atom. The highest BCUT2D eigenvalue weighted by Gasteiger charge is 2.35. The maximum absolute atomic E-state index is 12.9. The Kier molecular flexibility index (Phi) is 4.46. The van der Waals surface area contributed by atoms with Gasteiger partial charge in [0.2, 0.25) is 6.65 Å². The van der Waals surface area contributed by atoms with Crippen molar-refractivity contribution in [3.8, 4) is 0 Å². The zero-order valence-electron chi connectivity index (χ0n) is 11.0. The van der Waals surface area contributed by atoms with Crippen LogP contribution < -0.4 is 0 Å². The third kappa shape index (κ3) is 3.09. The fraction of sp³-hybridized carbons (Fsp3) is 0.200. The molecule has 2 aromatic carbocycles. The molecular formula is C15H17ClNOP. The van der Waals surface area contributed by atoms with Crippen LogP contribution in [0.4, 0.5) is 0 Å². The summed E-state index contributed by atoms with van der Waals surface area (Å²) in [6.07, 6.45) is 0. The van der Waals surface area contributed by atoms with Crippen molar-refractivity contribution >= 4 is 17.9 Å². The van der Waals surface area contributed by atoms with Gasteiger partial charge in [0.25, 0.3) is 0 Å². The molecule has 0 aliphatic rings. The summed E-state index contributed by atoms with van der Waals surface area (Å²) in [5.41, 5.74) is 1.63. The van der Waals surface area contributed by atoms with Gasteiger partial charge in [-0.1, -0.05) is 60.7 Å². The molecule has 4 heteroatoms. The van der Waals surface area contributed by atoms with Crippen LogP contribution in [-0.2, 0) is 4.57 Å². The first-order valence-corrected chi connectivity index (χ1v) is 8.74. The quantitative estimate of drug-likeness (QED) is 0.757. The summed E-state index contributed by atoms with van der Waals surface area (Å²) < 4.78 is 14.5. The molecule has 19 heavy (non-hydrogen) atoms. The molecule has 0 aromatic heterocycles. The molecule has 0 saturated carbocycles. The molecule has 0 radical (unpaired) electrons. The highest BCUT2D eigenvalue weighted by Crippen LogP contribution is 2.67. The molecule has 2 aromatic rings. The Hall–Kier alpha value is -1.08. The fourth-order valence-corrected chi connectivity index (χ4v) is 4.28. The molecule has 0 fully saturated rings. The van der Waals surface area contributed by atoms with Gasteiger partial charge in [0.15, 0.2) is 0 Å². The molecule has 0 spiro atoms. The lowest BCUT2D eigenvalue weighted by Crippen LogP contribution is -2.12. The zero-order valence-corrected chi connectivity index (χ0v) is 12.7. The first-order chi connectivity index (χ1) is 9.03. The van der Waals surface area contributed by atoms with Gasteiger partial charge in [-0.3, -0.25) is 4.57 Å². The summed E-state index contributed by atoms with van der Waals surface area (Å²) in [4.78, 5) is 0. The fourth-order valence-electron chi connectivity index (χ4n) is 2.06. The van der Waals surface area contributed by atoms with Gasteiger partial charge in [0.1, 0.15) is 0 Å². The van der Waals surface area contributed by atoms with E-state index in [9.17, 15) is 4.57 Å². The monoisotopic (exact) mass is 293 g/mol. The maximum atomic E-state index is 12.9. The molecule has 0 bridgehead atoms. The Morgan fingerprint density at radius 1 is 0.895 bits per heavy atom. The largest absolute Gasteiger partial charge is 0.288 e. The van der Waals surface area contributed by atoms with E-state index < -0.39 is 6.65 Å². The zero-order chi connectivity index (χ0) is 13.9. The third-order valence-corrected chi connectivity index (χ3v) is 6.91. The minimum atomic E-state index is -3.01. The summed E-state index contributed by atoms with van der Waals surface area (Å²) in [6, 6.07) is 19.5. The molecule has 0 saturated heterocycles. The van der Waals surface area contributed by atoms with E-state index in [2.05, 4.69) is 0 Å². The highest BCUT2D eigenvalue weighted by atomic mass is 35.7. The topological polar surface area (TPSA) is 20.3 Å². The predicted octanol–water partition coefficient (Wildman–Crippen LogP) is 4.77. The van der Waals surface area contributed by atoms with Crippen LogP contribution >= 0.6 is 17.9 Å². The van der Waals surface area contributed by atoms with E-state index in [4.69, 9.17) is 11.2 Å². The van der Waals surface area contributed by atoms with Crippen molar-refractivity contribution in [3.63, 3.8) is 0 Å². The normalized spacial score (nSPS) is 14.6. The van der Waals surface area contributed by atoms with Gasteiger partial charge in [-0.2, -0.15) is 0 Å². The minimum Gasteiger partial charge on any atom is -0.288 e. The molecule has 0 amide bonds. The molecule has 0 aliphatic heterocycles. The van der Waals surface area contributed by atoms with E-state index in [1.807, 2.05) is 60.7 Å². The number of halogens is 1. The summed E-state index contributed by atoms with van der Waals surface area (Å²) in [7, 11) is 3.51. The predicted molar refractivity (Wildman–Crippen MR) is 81.9 cm³/mol. The summed E-state index contributed by atoms with van der Waals surface area (Å²) in [6.45, 7) is -3.01. The first kappa shape index (κ1) is 14.3. The minimum absolute atomic E-state index is 0.313. The van der Waals surface area contributed by atoms with Gasteiger partial charge in [-0.25, -0.2) is 4.67 Å². The van der Waals surface area contributed by atoms with Crippen LogP contribution in [0.5, 0.6) is 0 Å². The van der Waals surface area contributed by atoms with Gasteiger partial charge in [-0.05, 0) is 36.5 Å². The van der Waals surface area contributed by atoms with E-state index >= 15 is 0 Å². The van der Waals surface area contributed by atoms with Crippen molar-refractivity contribution in [1.82, 2.24) is 4.67 Å². The lowest BCUT2D eigenvalue weighted by atomic mass is 10.0. The second-order valence-corrected chi connectivity index (χ2v) is 8.47. The van der Waals surface area contributed by atoms with Gasteiger partial charge in [-0.15, -0.1) is 0 Å². The van der Waals surface area contributed by atoms with Gasteiger partial charge < -0.3 is 0 Å². The summed E-state index contributed by atoms with van der Waals surface area (Å²) in [5.74, 6) is 0. The Labute approximate surface area is 119 Å². The van der Waals surface area contributed by atoms with Crippen LogP contribution in [0.2, 0.25) is 0 Å². The third-order valence-electron chi connectivity index (χ3n) is 3.09. The molecule has 0 aliphatic carbocycles. The molecule has 2 nitrogen and oxygen atoms in total. The lowest BCUT2D eigenvalue weighted by molar-refractivity contribution is 0.522. The van der Waals surface area contributed by atoms with Crippen LogP contribution in [0.15, 0.2) is 60.7 Å². The summed E-state index contributed by atoms with van der Waals surface area (Å²) in [5, 5.41) is 0. The lowest BCUT2D eigenvalue weighted by Gasteiger charge is -2.28. The van der Waals surface area contributed by atoms with Crippen molar-refractivity contribution < 1.29 is 4.57 Å². The number of hydrogen-bond donors (Lipinski definition) is 0. The van der Waals surface area contributed by atoms with Crippen molar-refractivity contribution in [2.24, 2.45) is 0 Å². The SMILES string of the molecule is CN(C)P(=O)(Cl)C(c1ccccc1)c1ccccc1. The van der Waals surface area contributed by atoms with E-state index in [-0.39, 0.29) is 5.66 Å². The average molecular weight is 294 g/mol. The summed E-state index contributed by atoms with van der Waals surface area (Å²) >= 11 is 6.39. The van der Waals surface area contributed by atoms with Crippen LogP contribution in [0.25, 0.3) is 0 Å². The second kappa shape index (κ2) is 5.92. The molecule has 100 valence electrons. The molecule has 2 rings (SSSR count). The van der Waals surface area contributed by atoms with E-state index in [0.29, 0.717) is 0 Å². The van der Waals surface area contributed by atoms with Crippen molar-refractivity contribution in [2.75, 3.05) is 14.1 Å². The van der Waals surface area contributed by atoms with E-state index in [1.54, 1.807) is 18.8 Å². The molecule has 0 N–H and O–H groups in total.